The molecular weight excluding hydrogens is 360 g/mol. The van der Waals surface area contributed by atoms with Gasteiger partial charge in [-0.05, 0) is 24.3 Å². The molecule has 0 radical (unpaired) electrons. The standard InChI is InChI=1S/C17H15F2N5O3/c1-26-13-5-4-11(7-14(13)27-17(18)19)16(25)22-8-12-3-2-6-21-15(12)24-10-20-9-23-24/h2-7,9-10,17H,8H2,1H3,(H,22,25). The molecule has 0 unspecified atom stereocenters. The van der Waals surface area contributed by atoms with Crippen LogP contribution in [0.2, 0.25) is 0 Å². The van der Waals surface area contributed by atoms with Crippen LogP contribution in [0.15, 0.2) is 49.2 Å². The Morgan fingerprint density at radius 2 is 2.15 bits per heavy atom. The highest BCUT2D eigenvalue weighted by atomic mass is 19.3. The van der Waals surface area contributed by atoms with Gasteiger partial charge in [0.15, 0.2) is 17.3 Å². The average molecular weight is 375 g/mol. The van der Waals surface area contributed by atoms with E-state index < -0.39 is 12.5 Å². The van der Waals surface area contributed by atoms with Crippen molar-refractivity contribution in [2.45, 2.75) is 13.2 Å². The molecule has 0 atom stereocenters. The first kappa shape index (κ1) is 18.2. The summed E-state index contributed by atoms with van der Waals surface area (Å²) in [6.07, 6.45) is 4.46. The molecule has 0 bridgehead atoms. The van der Waals surface area contributed by atoms with Crippen LogP contribution < -0.4 is 14.8 Å². The van der Waals surface area contributed by atoms with Crippen molar-refractivity contribution in [2.24, 2.45) is 0 Å². The fourth-order valence-corrected chi connectivity index (χ4v) is 2.38. The molecule has 0 aliphatic rings. The fraction of sp³-hybridized carbons (Fsp3) is 0.176. The predicted octanol–water partition coefficient (Wildman–Crippen LogP) is 2.20. The number of rotatable bonds is 7. The molecule has 2 aromatic heterocycles. The van der Waals surface area contributed by atoms with Crippen LogP contribution in [0.3, 0.4) is 0 Å². The maximum atomic E-state index is 12.5. The van der Waals surface area contributed by atoms with Crippen molar-refractivity contribution in [1.29, 1.82) is 0 Å². The van der Waals surface area contributed by atoms with Crippen molar-refractivity contribution in [3.05, 3.63) is 60.3 Å². The van der Waals surface area contributed by atoms with Crippen LogP contribution in [0, 0.1) is 0 Å². The first-order valence-corrected chi connectivity index (χ1v) is 7.78. The number of hydrogen-bond donors (Lipinski definition) is 1. The highest BCUT2D eigenvalue weighted by molar-refractivity contribution is 5.94. The van der Waals surface area contributed by atoms with Gasteiger partial charge < -0.3 is 14.8 Å². The first-order valence-electron chi connectivity index (χ1n) is 7.78. The van der Waals surface area contributed by atoms with Gasteiger partial charge in [-0.3, -0.25) is 4.79 Å². The number of nitrogens with zero attached hydrogens (tertiary/aromatic N) is 4. The Kier molecular flexibility index (Phi) is 5.55. The lowest BCUT2D eigenvalue weighted by molar-refractivity contribution is -0.0512. The summed E-state index contributed by atoms with van der Waals surface area (Å²) in [5.74, 6) is -0.0608. The Morgan fingerprint density at radius 3 is 2.85 bits per heavy atom. The molecule has 3 rings (SSSR count). The highest BCUT2D eigenvalue weighted by Gasteiger charge is 2.15. The molecule has 10 heteroatoms. The molecule has 1 N–H and O–H groups in total. The zero-order chi connectivity index (χ0) is 19.2. The number of methoxy groups -OCH3 is 1. The molecule has 1 amide bonds. The molecule has 0 aliphatic heterocycles. The van der Waals surface area contributed by atoms with E-state index in [1.165, 1.54) is 42.6 Å². The van der Waals surface area contributed by atoms with Gasteiger partial charge in [0, 0.05) is 23.9 Å². The number of carbonyl (C=O) groups is 1. The zero-order valence-corrected chi connectivity index (χ0v) is 14.2. The molecule has 2 heterocycles. The Hall–Kier alpha value is -3.56. The van der Waals surface area contributed by atoms with E-state index >= 15 is 0 Å². The van der Waals surface area contributed by atoms with Gasteiger partial charge in [-0.1, -0.05) is 6.07 Å². The molecule has 8 nitrogen and oxygen atoms in total. The summed E-state index contributed by atoms with van der Waals surface area (Å²) in [5, 5.41) is 6.73. The lowest BCUT2D eigenvalue weighted by Crippen LogP contribution is -2.24. The average Bonchev–Trinajstić information content (AvgIpc) is 3.20. The number of benzene rings is 1. The van der Waals surface area contributed by atoms with Crippen LogP contribution in [-0.4, -0.2) is 39.4 Å². The van der Waals surface area contributed by atoms with Crippen LogP contribution >= 0.6 is 0 Å². The van der Waals surface area contributed by atoms with Crippen molar-refractivity contribution >= 4 is 5.91 Å². The summed E-state index contributed by atoms with van der Waals surface area (Å²) in [6.45, 7) is -2.88. The number of halogens is 2. The molecule has 0 fully saturated rings. The summed E-state index contributed by atoms with van der Waals surface area (Å²) >= 11 is 0. The van der Waals surface area contributed by atoms with E-state index in [2.05, 4.69) is 25.1 Å². The maximum absolute atomic E-state index is 12.5. The lowest BCUT2D eigenvalue weighted by Gasteiger charge is -2.12. The van der Waals surface area contributed by atoms with Crippen LogP contribution in [0.4, 0.5) is 8.78 Å². The van der Waals surface area contributed by atoms with E-state index in [0.717, 1.165) is 0 Å². The van der Waals surface area contributed by atoms with Gasteiger partial charge in [-0.25, -0.2) is 14.6 Å². The second-order valence-corrected chi connectivity index (χ2v) is 5.25. The number of aromatic nitrogens is 4. The highest BCUT2D eigenvalue weighted by Crippen LogP contribution is 2.29. The Morgan fingerprint density at radius 1 is 1.30 bits per heavy atom. The number of ether oxygens (including phenoxy) is 2. The van der Waals surface area contributed by atoms with Crippen molar-refractivity contribution in [1.82, 2.24) is 25.1 Å². The minimum Gasteiger partial charge on any atom is -0.493 e. The van der Waals surface area contributed by atoms with Gasteiger partial charge in [-0.15, -0.1) is 0 Å². The molecule has 0 spiro atoms. The van der Waals surface area contributed by atoms with Crippen molar-refractivity contribution in [3.8, 4) is 17.3 Å². The summed E-state index contributed by atoms with van der Waals surface area (Å²) in [4.78, 5) is 20.5. The summed E-state index contributed by atoms with van der Waals surface area (Å²) in [6, 6.07) is 7.54. The molecule has 0 saturated heterocycles. The number of hydrogen-bond acceptors (Lipinski definition) is 6. The van der Waals surface area contributed by atoms with Crippen LogP contribution in [0.1, 0.15) is 15.9 Å². The van der Waals surface area contributed by atoms with E-state index in [-0.39, 0.29) is 23.6 Å². The number of amides is 1. The largest absolute Gasteiger partial charge is 0.493 e. The Bertz CT molecular complexity index is 919. The van der Waals surface area contributed by atoms with Crippen molar-refractivity contribution in [2.75, 3.05) is 7.11 Å². The normalized spacial score (nSPS) is 10.7. The third-order valence-electron chi connectivity index (χ3n) is 3.58. The van der Waals surface area contributed by atoms with E-state index in [4.69, 9.17) is 4.74 Å². The van der Waals surface area contributed by atoms with E-state index in [9.17, 15) is 13.6 Å². The minimum absolute atomic E-state index is 0.104. The predicted molar refractivity (Wildman–Crippen MR) is 90.0 cm³/mol. The van der Waals surface area contributed by atoms with E-state index in [1.54, 1.807) is 18.3 Å². The fourth-order valence-electron chi connectivity index (χ4n) is 2.38. The summed E-state index contributed by atoms with van der Waals surface area (Å²) in [7, 11) is 1.32. The second-order valence-electron chi connectivity index (χ2n) is 5.25. The molecule has 0 aliphatic carbocycles. The summed E-state index contributed by atoms with van der Waals surface area (Å²) in [5.41, 5.74) is 0.853. The quantitative estimate of drug-likeness (QED) is 0.681. The molecule has 0 saturated carbocycles. The van der Waals surface area contributed by atoms with Crippen LogP contribution in [-0.2, 0) is 6.54 Å². The SMILES string of the molecule is COc1ccc(C(=O)NCc2cccnc2-n2cncn2)cc1OC(F)F. The second kappa shape index (κ2) is 8.21. The van der Waals surface area contributed by atoms with Crippen molar-refractivity contribution < 1.29 is 23.0 Å². The molecular formula is C17H15F2N5O3. The number of carbonyl (C=O) groups excluding carboxylic acids is 1. The zero-order valence-electron chi connectivity index (χ0n) is 14.2. The number of pyridine rings is 1. The lowest BCUT2D eigenvalue weighted by atomic mass is 10.1. The van der Waals surface area contributed by atoms with Gasteiger partial charge >= 0.3 is 6.61 Å². The van der Waals surface area contributed by atoms with Gasteiger partial charge in [0.1, 0.15) is 12.7 Å². The van der Waals surface area contributed by atoms with E-state index in [0.29, 0.717) is 11.4 Å². The maximum Gasteiger partial charge on any atom is 0.387 e. The monoisotopic (exact) mass is 375 g/mol. The van der Waals surface area contributed by atoms with Crippen molar-refractivity contribution in [3.63, 3.8) is 0 Å². The number of nitrogens with one attached hydrogen (secondary N) is 1. The van der Waals surface area contributed by atoms with Gasteiger partial charge in [0.25, 0.3) is 5.91 Å². The minimum atomic E-state index is -3.03. The molecule has 1 aromatic carbocycles. The third kappa shape index (κ3) is 4.35. The first-order chi connectivity index (χ1) is 13.1. The van der Waals surface area contributed by atoms with Gasteiger partial charge in [0.2, 0.25) is 0 Å². The van der Waals surface area contributed by atoms with Gasteiger partial charge in [0.05, 0.1) is 7.11 Å². The Labute approximate surface area is 152 Å². The molecule has 27 heavy (non-hydrogen) atoms. The van der Waals surface area contributed by atoms with Crippen LogP contribution in [0.5, 0.6) is 11.5 Å². The Balaban J connectivity index is 1.75. The van der Waals surface area contributed by atoms with Crippen LogP contribution in [0.25, 0.3) is 5.82 Å². The molecule has 3 aromatic rings. The van der Waals surface area contributed by atoms with Gasteiger partial charge in [-0.2, -0.15) is 13.9 Å². The third-order valence-corrected chi connectivity index (χ3v) is 3.58. The topological polar surface area (TPSA) is 91.2 Å². The van der Waals surface area contributed by atoms with E-state index in [1.807, 2.05) is 0 Å². The smallest absolute Gasteiger partial charge is 0.387 e. The number of alkyl halides is 2. The molecule has 140 valence electrons. The summed E-state index contributed by atoms with van der Waals surface area (Å²) < 4.78 is 35.9.